The lowest BCUT2D eigenvalue weighted by Crippen LogP contribution is -2.09. The minimum atomic E-state index is -3.14. The van der Waals surface area contributed by atoms with E-state index in [1.807, 2.05) is 24.3 Å². The normalized spacial score (nSPS) is 11.4. The number of hydrogen-bond donors (Lipinski definition) is 1. The summed E-state index contributed by atoms with van der Waals surface area (Å²) in [7, 11) is -3.14. The molecule has 0 spiro atoms. The fourth-order valence-corrected chi connectivity index (χ4v) is 2.61. The number of ether oxygens (including phenoxy) is 1. The first-order chi connectivity index (χ1) is 10.4. The van der Waals surface area contributed by atoms with Gasteiger partial charge in [0.25, 0.3) is 0 Å². The molecule has 0 aliphatic heterocycles. The number of halogens is 1. The van der Waals surface area contributed by atoms with Gasteiger partial charge in [0.1, 0.15) is 0 Å². The highest BCUT2D eigenvalue weighted by molar-refractivity contribution is 7.90. The van der Waals surface area contributed by atoms with Crippen molar-refractivity contribution in [2.45, 2.75) is 11.5 Å². The second kappa shape index (κ2) is 7.63. The van der Waals surface area contributed by atoms with Crippen LogP contribution in [0.1, 0.15) is 5.56 Å². The van der Waals surface area contributed by atoms with Crippen LogP contribution in [0.2, 0.25) is 5.02 Å². The Bertz CT molecular complexity index is 697. The molecule has 118 valence electrons. The Morgan fingerprint density at radius 1 is 1.05 bits per heavy atom. The molecule has 0 atom stereocenters. The summed E-state index contributed by atoms with van der Waals surface area (Å²) in [5.41, 5.74) is 1.93. The summed E-state index contributed by atoms with van der Waals surface area (Å²) in [5.74, 6) is 0. The second-order valence-corrected chi connectivity index (χ2v) is 7.35. The van der Waals surface area contributed by atoms with Crippen molar-refractivity contribution < 1.29 is 13.2 Å². The van der Waals surface area contributed by atoms with Crippen LogP contribution < -0.4 is 5.32 Å². The molecule has 2 aromatic rings. The number of sulfone groups is 1. The molecule has 0 heterocycles. The SMILES string of the molecule is CS(=O)(=O)c1ccc(NCCOCc2ccc(Cl)cc2)cc1. The molecule has 0 fully saturated rings. The quantitative estimate of drug-likeness (QED) is 0.786. The molecule has 2 aromatic carbocycles. The van der Waals surface area contributed by atoms with Gasteiger partial charge in [0.2, 0.25) is 0 Å². The molecule has 0 amide bonds. The maximum Gasteiger partial charge on any atom is 0.175 e. The third kappa shape index (κ3) is 5.33. The largest absolute Gasteiger partial charge is 0.383 e. The molecule has 1 N–H and O–H groups in total. The van der Waals surface area contributed by atoms with Crippen molar-refractivity contribution in [2.24, 2.45) is 0 Å². The van der Waals surface area contributed by atoms with Crippen molar-refractivity contribution in [3.8, 4) is 0 Å². The smallest absolute Gasteiger partial charge is 0.175 e. The lowest BCUT2D eigenvalue weighted by molar-refractivity contribution is 0.130. The summed E-state index contributed by atoms with van der Waals surface area (Å²) >= 11 is 5.81. The number of anilines is 1. The zero-order chi connectivity index (χ0) is 16.0. The van der Waals surface area contributed by atoms with Crippen molar-refractivity contribution in [3.63, 3.8) is 0 Å². The monoisotopic (exact) mass is 339 g/mol. The van der Waals surface area contributed by atoms with Gasteiger partial charge in [-0.25, -0.2) is 8.42 Å². The number of rotatable bonds is 7. The molecule has 6 heteroatoms. The lowest BCUT2D eigenvalue weighted by Gasteiger charge is -2.08. The van der Waals surface area contributed by atoms with Crippen LogP contribution in [0.4, 0.5) is 5.69 Å². The molecular weight excluding hydrogens is 322 g/mol. The molecule has 0 saturated heterocycles. The molecule has 4 nitrogen and oxygen atoms in total. The van der Waals surface area contributed by atoms with Gasteiger partial charge in [0.05, 0.1) is 18.1 Å². The van der Waals surface area contributed by atoms with Crippen LogP contribution >= 0.6 is 11.6 Å². The van der Waals surface area contributed by atoms with Crippen molar-refractivity contribution >= 4 is 27.1 Å². The first-order valence-electron chi connectivity index (χ1n) is 6.81. The van der Waals surface area contributed by atoms with Crippen LogP contribution in [0, 0.1) is 0 Å². The zero-order valence-corrected chi connectivity index (χ0v) is 13.8. The molecule has 2 rings (SSSR count). The van der Waals surface area contributed by atoms with E-state index in [-0.39, 0.29) is 0 Å². The second-order valence-electron chi connectivity index (χ2n) is 4.90. The first-order valence-corrected chi connectivity index (χ1v) is 9.08. The van der Waals surface area contributed by atoms with Crippen molar-refractivity contribution in [3.05, 3.63) is 59.1 Å². The van der Waals surface area contributed by atoms with E-state index in [1.54, 1.807) is 24.3 Å². The highest BCUT2D eigenvalue weighted by Crippen LogP contribution is 2.13. The topological polar surface area (TPSA) is 55.4 Å². The zero-order valence-electron chi connectivity index (χ0n) is 12.3. The van der Waals surface area contributed by atoms with E-state index in [0.717, 1.165) is 11.3 Å². The van der Waals surface area contributed by atoms with Crippen LogP contribution in [0.3, 0.4) is 0 Å². The standard InChI is InChI=1S/C16H18ClNO3S/c1-22(19,20)16-8-6-15(7-9-16)18-10-11-21-12-13-2-4-14(17)5-3-13/h2-9,18H,10-12H2,1H3. The first kappa shape index (κ1) is 16.8. The molecule has 0 aliphatic carbocycles. The Labute approximate surface area is 136 Å². The van der Waals surface area contributed by atoms with E-state index in [0.29, 0.717) is 29.7 Å². The van der Waals surface area contributed by atoms with Crippen LogP contribution in [-0.2, 0) is 21.2 Å². The molecule has 0 aliphatic rings. The third-order valence-electron chi connectivity index (χ3n) is 3.04. The van der Waals surface area contributed by atoms with Gasteiger partial charge < -0.3 is 10.1 Å². The fraction of sp³-hybridized carbons (Fsp3) is 0.250. The minimum absolute atomic E-state index is 0.317. The van der Waals surface area contributed by atoms with Gasteiger partial charge in [-0.05, 0) is 42.0 Å². The summed E-state index contributed by atoms with van der Waals surface area (Å²) in [6.07, 6.45) is 1.19. The highest BCUT2D eigenvalue weighted by Gasteiger charge is 2.05. The summed E-state index contributed by atoms with van der Waals surface area (Å²) in [6.45, 7) is 1.73. The summed E-state index contributed by atoms with van der Waals surface area (Å²) in [6, 6.07) is 14.2. The van der Waals surface area contributed by atoms with Crippen LogP contribution in [0.15, 0.2) is 53.4 Å². The number of hydrogen-bond acceptors (Lipinski definition) is 4. The van der Waals surface area contributed by atoms with E-state index in [1.165, 1.54) is 6.26 Å². The van der Waals surface area contributed by atoms with Crippen LogP contribution in [0.25, 0.3) is 0 Å². The maximum atomic E-state index is 11.4. The maximum absolute atomic E-state index is 11.4. The molecular formula is C16H18ClNO3S. The predicted molar refractivity (Wildman–Crippen MR) is 89.1 cm³/mol. The van der Waals surface area contributed by atoms with Gasteiger partial charge in [0, 0.05) is 23.5 Å². The van der Waals surface area contributed by atoms with E-state index in [4.69, 9.17) is 16.3 Å². The molecule has 0 aromatic heterocycles. The van der Waals surface area contributed by atoms with Gasteiger partial charge in [0.15, 0.2) is 9.84 Å². The van der Waals surface area contributed by atoms with Crippen molar-refractivity contribution in [1.82, 2.24) is 0 Å². The van der Waals surface area contributed by atoms with Crippen molar-refractivity contribution in [2.75, 3.05) is 24.7 Å². The third-order valence-corrected chi connectivity index (χ3v) is 4.42. The van der Waals surface area contributed by atoms with Gasteiger partial charge in [-0.3, -0.25) is 0 Å². The van der Waals surface area contributed by atoms with Crippen LogP contribution in [0.5, 0.6) is 0 Å². The van der Waals surface area contributed by atoms with E-state index >= 15 is 0 Å². The van der Waals surface area contributed by atoms with Crippen LogP contribution in [-0.4, -0.2) is 27.8 Å². The van der Waals surface area contributed by atoms with Crippen molar-refractivity contribution in [1.29, 1.82) is 0 Å². The van der Waals surface area contributed by atoms with Gasteiger partial charge in [-0.15, -0.1) is 0 Å². The Balaban J connectivity index is 1.71. The average Bonchev–Trinajstić information content (AvgIpc) is 2.48. The average molecular weight is 340 g/mol. The Morgan fingerprint density at radius 2 is 1.68 bits per heavy atom. The number of benzene rings is 2. The van der Waals surface area contributed by atoms with E-state index in [9.17, 15) is 8.42 Å². The summed E-state index contributed by atoms with van der Waals surface area (Å²) in [5, 5.41) is 3.89. The molecule has 0 bridgehead atoms. The highest BCUT2D eigenvalue weighted by atomic mass is 35.5. The summed E-state index contributed by atoms with van der Waals surface area (Å²) in [4.78, 5) is 0.317. The molecule has 0 saturated carbocycles. The Hall–Kier alpha value is -1.56. The molecule has 22 heavy (non-hydrogen) atoms. The Kier molecular flexibility index (Phi) is 5.83. The predicted octanol–water partition coefficient (Wildman–Crippen LogP) is 3.37. The Morgan fingerprint density at radius 3 is 2.27 bits per heavy atom. The minimum Gasteiger partial charge on any atom is -0.383 e. The van der Waals surface area contributed by atoms with Gasteiger partial charge in [-0.1, -0.05) is 23.7 Å². The summed E-state index contributed by atoms with van der Waals surface area (Å²) < 4.78 is 28.3. The molecule has 0 radical (unpaired) electrons. The van der Waals surface area contributed by atoms with Gasteiger partial charge in [-0.2, -0.15) is 0 Å². The fourth-order valence-electron chi connectivity index (χ4n) is 1.86. The molecule has 0 unspecified atom stereocenters. The lowest BCUT2D eigenvalue weighted by atomic mass is 10.2. The van der Waals surface area contributed by atoms with Gasteiger partial charge >= 0.3 is 0 Å². The number of nitrogens with one attached hydrogen (secondary N) is 1. The van der Waals surface area contributed by atoms with E-state index in [2.05, 4.69) is 5.32 Å². The van der Waals surface area contributed by atoms with E-state index < -0.39 is 9.84 Å².